The van der Waals surface area contributed by atoms with Crippen molar-refractivity contribution in [3.8, 4) is 17.2 Å². The lowest BCUT2D eigenvalue weighted by Crippen LogP contribution is -2.32. The normalized spacial score (nSPS) is 10.8. The van der Waals surface area contributed by atoms with Crippen LogP contribution in [0.15, 0.2) is 47.1 Å². The van der Waals surface area contributed by atoms with Crippen molar-refractivity contribution in [2.24, 2.45) is 0 Å². The van der Waals surface area contributed by atoms with E-state index in [4.69, 9.17) is 18.6 Å². The predicted octanol–water partition coefficient (Wildman–Crippen LogP) is 4.32. The summed E-state index contributed by atoms with van der Waals surface area (Å²) in [5, 5.41) is 2.92. The molecule has 160 valence electrons. The number of benzene rings is 1. The maximum absolute atomic E-state index is 12.8. The molecule has 0 aliphatic carbocycles. The molecule has 0 saturated carbocycles. The maximum Gasteiger partial charge on any atom is 0.238 e. The molecule has 0 atom stereocenters. The van der Waals surface area contributed by atoms with Crippen molar-refractivity contribution in [1.29, 1.82) is 0 Å². The molecule has 2 heterocycles. The van der Waals surface area contributed by atoms with Gasteiger partial charge < -0.3 is 23.9 Å². The van der Waals surface area contributed by atoms with Gasteiger partial charge in [-0.15, -0.1) is 11.3 Å². The lowest BCUT2D eigenvalue weighted by atomic mass is 10.2. The van der Waals surface area contributed by atoms with Crippen LogP contribution in [0.3, 0.4) is 0 Å². The number of ether oxygens (including phenoxy) is 3. The van der Waals surface area contributed by atoms with Crippen LogP contribution in [-0.4, -0.2) is 38.7 Å². The standard InChI is InChI=1S/C22H26N2O5S/c1-15-7-8-18(30-15)13-24(12-17-6-5-9-29-17)14-21(25)23-16-10-19(26-2)22(28-4)20(11-16)27-3/h5-11H,12-14H2,1-4H3,(H,23,25). The second kappa shape index (κ2) is 10.2. The number of carbonyl (C=O) groups excluding carboxylic acids is 1. The van der Waals surface area contributed by atoms with Crippen molar-refractivity contribution < 1.29 is 23.4 Å². The highest BCUT2D eigenvalue weighted by molar-refractivity contribution is 7.11. The summed E-state index contributed by atoms with van der Waals surface area (Å²) in [5.41, 5.74) is 0.569. The third kappa shape index (κ3) is 5.55. The lowest BCUT2D eigenvalue weighted by molar-refractivity contribution is -0.117. The van der Waals surface area contributed by atoms with E-state index in [1.807, 2.05) is 17.0 Å². The SMILES string of the molecule is COc1cc(NC(=O)CN(Cc2ccco2)Cc2ccc(C)s2)cc(OC)c1OC. The van der Waals surface area contributed by atoms with E-state index in [9.17, 15) is 4.79 Å². The van der Waals surface area contributed by atoms with Gasteiger partial charge in [-0.1, -0.05) is 0 Å². The summed E-state index contributed by atoms with van der Waals surface area (Å²) in [6.07, 6.45) is 1.64. The minimum Gasteiger partial charge on any atom is -0.493 e. The third-order valence-electron chi connectivity index (χ3n) is 4.45. The zero-order chi connectivity index (χ0) is 21.5. The van der Waals surface area contributed by atoms with Crippen LogP contribution >= 0.6 is 11.3 Å². The number of hydrogen-bond acceptors (Lipinski definition) is 7. The first-order valence-corrected chi connectivity index (χ1v) is 10.2. The number of nitrogens with one attached hydrogen (secondary N) is 1. The number of hydrogen-bond donors (Lipinski definition) is 1. The first kappa shape index (κ1) is 21.7. The number of rotatable bonds is 10. The largest absolute Gasteiger partial charge is 0.493 e. The van der Waals surface area contributed by atoms with E-state index < -0.39 is 0 Å². The molecule has 2 aromatic heterocycles. The monoisotopic (exact) mass is 430 g/mol. The molecule has 0 saturated heterocycles. The predicted molar refractivity (Wildman–Crippen MR) is 117 cm³/mol. The van der Waals surface area contributed by atoms with Crippen molar-refractivity contribution in [2.45, 2.75) is 20.0 Å². The molecule has 30 heavy (non-hydrogen) atoms. The Morgan fingerprint density at radius 2 is 1.80 bits per heavy atom. The van der Waals surface area contributed by atoms with Gasteiger partial charge in [0.2, 0.25) is 11.7 Å². The number of furan rings is 1. The average Bonchev–Trinajstić information content (AvgIpc) is 3.38. The number of aryl methyl sites for hydroxylation is 1. The van der Waals surface area contributed by atoms with Gasteiger partial charge in [0.1, 0.15) is 5.76 Å². The van der Waals surface area contributed by atoms with E-state index in [1.165, 1.54) is 31.1 Å². The lowest BCUT2D eigenvalue weighted by Gasteiger charge is -2.20. The van der Waals surface area contributed by atoms with Crippen LogP contribution in [0.4, 0.5) is 5.69 Å². The Balaban J connectivity index is 1.73. The van der Waals surface area contributed by atoms with Crippen LogP contribution < -0.4 is 19.5 Å². The van der Waals surface area contributed by atoms with Crippen molar-refractivity contribution in [2.75, 3.05) is 33.2 Å². The highest BCUT2D eigenvalue weighted by Gasteiger charge is 2.17. The quantitative estimate of drug-likeness (QED) is 0.517. The van der Waals surface area contributed by atoms with E-state index in [-0.39, 0.29) is 12.5 Å². The smallest absolute Gasteiger partial charge is 0.238 e. The molecule has 0 bridgehead atoms. The molecule has 3 rings (SSSR count). The summed E-state index contributed by atoms with van der Waals surface area (Å²) in [6, 6.07) is 11.3. The van der Waals surface area contributed by atoms with Gasteiger partial charge in [-0.25, -0.2) is 0 Å². The van der Waals surface area contributed by atoms with Crippen LogP contribution in [0.1, 0.15) is 15.5 Å². The highest BCUT2D eigenvalue weighted by atomic mass is 32.1. The van der Waals surface area contributed by atoms with Crippen LogP contribution in [0.5, 0.6) is 17.2 Å². The number of anilines is 1. The zero-order valence-corrected chi connectivity index (χ0v) is 18.4. The van der Waals surface area contributed by atoms with Crippen LogP contribution in [-0.2, 0) is 17.9 Å². The summed E-state index contributed by atoms with van der Waals surface area (Å²) in [4.78, 5) is 17.3. The minimum absolute atomic E-state index is 0.149. The van der Waals surface area contributed by atoms with Gasteiger partial charge in [0.25, 0.3) is 0 Å². The summed E-state index contributed by atoms with van der Waals surface area (Å²) in [6.45, 7) is 3.46. The second-order valence-electron chi connectivity index (χ2n) is 6.70. The molecular weight excluding hydrogens is 404 g/mol. The van der Waals surface area contributed by atoms with Crippen LogP contribution in [0.2, 0.25) is 0 Å². The molecule has 0 aliphatic heterocycles. The average molecular weight is 431 g/mol. The van der Waals surface area contributed by atoms with E-state index in [0.717, 1.165) is 5.76 Å². The molecule has 3 aromatic rings. The Bertz CT molecular complexity index is 943. The van der Waals surface area contributed by atoms with Crippen molar-refractivity contribution >= 4 is 22.9 Å². The molecule has 1 aromatic carbocycles. The van der Waals surface area contributed by atoms with Gasteiger partial charge in [-0.05, 0) is 31.2 Å². The number of carbonyl (C=O) groups is 1. The Kier molecular flexibility index (Phi) is 7.37. The fourth-order valence-electron chi connectivity index (χ4n) is 3.14. The summed E-state index contributed by atoms with van der Waals surface area (Å²) < 4.78 is 21.5. The van der Waals surface area contributed by atoms with Gasteiger partial charge in [-0.2, -0.15) is 0 Å². The van der Waals surface area contributed by atoms with Crippen LogP contribution in [0.25, 0.3) is 0 Å². The van der Waals surface area contributed by atoms with E-state index in [2.05, 4.69) is 24.4 Å². The summed E-state index contributed by atoms with van der Waals surface area (Å²) in [7, 11) is 4.62. The maximum atomic E-state index is 12.8. The molecule has 1 amide bonds. The van der Waals surface area contributed by atoms with E-state index in [1.54, 1.807) is 29.7 Å². The first-order valence-electron chi connectivity index (χ1n) is 9.42. The van der Waals surface area contributed by atoms with Gasteiger partial charge in [0.05, 0.1) is 40.7 Å². The molecule has 1 N–H and O–H groups in total. The molecule has 7 nitrogen and oxygen atoms in total. The third-order valence-corrected chi connectivity index (χ3v) is 5.44. The van der Waals surface area contributed by atoms with Gasteiger partial charge in [0, 0.05) is 34.1 Å². The van der Waals surface area contributed by atoms with E-state index >= 15 is 0 Å². The van der Waals surface area contributed by atoms with Gasteiger partial charge in [-0.3, -0.25) is 9.69 Å². The topological polar surface area (TPSA) is 73.2 Å². The highest BCUT2D eigenvalue weighted by Crippen LogP contribution is 2.39. The number of nitrogens with zero attached hydrogens (tertiary/aromatic N) is 1. The fourth-order valence-corrected chi connectivity index (χ4v) is 4.07. The molecule has 0 spiro atoms. The molecule has 0 fully saturated rings. The Hall–Kier alpha value is -2.97. The molecule has 0 unspecified atom stereocenters. The molecular formula is C22H26N2O5S. The Morgan fingerprint density at radius 1 is 1.07 bits per heavy atom. The van der Waals surface area contributed by atoms with Crippen molar-refractivity contribution in [1.82, 2.24) is 4.90 Å². The Morgan fingerprint density at radius 3 is 2.33 bits per heavy atom. The minimum atomic E-state index is -0.149. The van der Waals surface area contributed by atoms with E-state index in [0.29, 0.717) is 36.0 Å². The molecule has 8 heteroatoms. The van der Waals surface area contributed by atoms with Crippen molar-refractivity contribution in [3.05, 3.63) is 58.2 Å². The fraction of sp³-hybridized carbons (Fsp3) is 0.318. The van der Waals surface area contributed by atoms with Crippen LogP contribution in [0, 0.1) is 6.92 Å². The first-order chi connectivity index (χ1) is 14.5. The van der Waals surface area contributed by atoms with Crippen molar-refractivity contribution in [3.63, 3.8) is 0 Å². The molecule has 0 radical (unpaired) electrons. The van der Waals surface area contributed by atoms with Gasteiger partial charge in [0.15, 0.2) is 11.5 Å². The Labute approximate surface area is 180 Å². The molecule has 0 aliphatic rings. The number of amides is 1. The number of methoxy groups -OCH3 is 3. The summed E-state index contributed by atoms with van der Waals surface area (Å²) in [5.74, 6) is 2.10. The number of thiophene rings is 1. The second-order valence-corrected chi connectivity index (χ2v) is 8.07. The zero-order valence-electron chi connectivity index (χ0n) is 17.6. The summed E-state index contributed by atoms with van der Waals surface area (Å²) >= 11 is 1.72. The van der Waals surface area contributed by atoms with Gasteiger partial charge >= 0.3 is 0 Å².